The van der Waals surface area contributed by atoms with Crippen molar-refractivity contribution in [2.75, 3.05) is 13.2 Å². The molecule has 2 N–H and O–H groups in total. The van der Waals surface area contributed by atoms with Gasteiger partial charge >= 0.3 is 0 Å². The number of nitrogens with two attached hydrogens (primary N) is 1. The van der Waals surface area contributed by atoms with Gasteiger partial charge in [0.05, 0.1) is 0 Å². The summed E-state index contributed by atoms with van der Waals surface area (Å²) in [7, 11) is 0. The average Bonchev–Trinajstić information content (AvgIpc) is 2.44. The van der Waals surface area contributed by atoms with E-state index in [9.17, 15) is 0 Å². The number of hydrogen-bond acceptors (Lipinski definition) is 2. The van der Waals surface area contributed by atoms with E-state index >= 15 is 0 Å². The maximum atomic E-state index is 5.71. The molecule has 2 heteroatoms. The van der Waals surface area contributed by atoms with E-state index in [0.29, 0.717) is 13.2 Å². The van der Waals surface area contributed by atoms with Crippen LogP contribution in [0.25, 0.3) is 0 Å². The van der Waals surface area contributed by atoms with Crippen molar-refractivity contribution in [1.29, 1.82) is 0 Å². The fourth-order valence-corrected chi connectivity index (χ4v) is 5.46. The molecule has 4 bridgehead atoms. The maximum Gasteiger partial charge on any atom is 0.119 e. The molecule has 2 nitrogen and oxygen atoms in total. The number of rotatable bonds is 4. The van der Waals surface area contributed by atoms with E-state index in [2.05, 4.69) is 24.3 Å². The zero-order chi connectivity index (χ0) is 13.5. The van der Waals surface area contributed by atoms with Gasteiger partial charge in [0.15, 0.2) is 0 Å². The van der Waals surface area contributed by atoms with Crippen molar-refractivity contribution in [3.05, 3.63) is 29.8 Å². The Morgan fingerprint density at radius 3 is 2.35 bits per heavy atom. The fourth-order valence-electron chi connectivity index (χ4n) is 5.46. The molecule has 1 aromatic rings. The summed E-state index contributed by atoms with van der Waals surface area (Å²) in [6.45, 7) is 1.20. The fraction of sp³-hybridized carbons (Fsp3) is 0.667. The smallest absolute Gasteiger partial charge is 0.119 e. The van der Waals surface area contributed by atoms with Gasteiger partial charge in [0.1, 0.15) is 12.4 Å². The summed E-state index contributed by atoms with van der Waals surface area (Å²) in [5.74, 6) is 5.77. The van der Waals surface area contributed by atoms with Crippen LogP contribution in [0.1, 0.15) is 43.6 Å². The molecular formula is C18H25NO. The summed E-state index contributed by atoms with van der Waals surface area (Å²) in [6, 6.07) is 8.83. The van der Waals surface area contributed by atoms with Gasteiger partial charge in [-0.2, -0.15) is 0 Å². The SMILES string of the molecule is NCCOc1cccc(C2C3CC4CC(C3)CC2C4)c1. The van der Waals surface area contributed by atoms with Crippen molar-refractivity contribution in [1.82, 2.24) is 0 Å². The van der Waals surface area contributed by atoms with Crippen LogP contribution in [0, 0.1) is 23.7 Å². The van der Waals surface area contributed by atoms with Crippen molar-refractivity contribution in [3.63, 3.8) is 0 Å². The van der Waals surface area contributed by atoms with Crippen LogP contribution in [0.5, 0.6) is 5.75 Å². The lowest BCUT2D eigenvalue weighted by atomic mass is 9.51. The lowest BCUT2D eigenvalue weighted by Crippen LogP contribution is -2.43. The molecule has 4 aliphatic carbocycles. The lowest BCUT2D eigenvalue weighted by Gasteiger charge is -2.54. The molecule has 108 valence electrons. The molecule has 4 saturated carbocycles. The number of ether oxygens (including phenoxy) is 1. The van der Waals surface area contributed by atoms with Crippen LogP contribution in [-0.2, 0) is 0 Å². The van der Waals surface area contributed by atoms with E-state index in [1.807, 2.05) is 0 Å². The Kier molecular flexibility index (Phi) is 3.22. The topological polar surface area (TPSA) is 35.2 Å². The minimum Gasteiger partial charge on any atom is -0.492 e. The highest BCUT2D eigenvalue weighted by Crippen LogP contribution is 2.59. The normalized spacial score (nSPS) is 38.1. The highest BCUT2D eigenvalue weighted by molar-refractivity contribution is 5.33. The molecule has 4 aliphatic rings. The monoisotopic (exact) mass is 271 g/mol. The molecule has 0 atom stereocenters. The molecule has 0 aliphatic heterocycles. The van der Waals surface area contributed by atoms with Crippen LogP contribution >= 0.6 is 0 Å². The van der Waals surface area contributed by atoms with Gasteiger partial charge in [0, 0.05) is 6.54 Å². The van der Waals surface area contributed by atoms with E-state index in [1.165, 1.54) is 37.7 Å². The molecule has 1 aromatic carbocycles. The van der Waals surface area contributed by atoms with Crippen molar-refractivity contribution in [2.24, 2.45) is 29.4 Å². The first-order valence-electron chi connectivity index (χ1n) is 8.26. The van der Waals surface area contributed by atoms with Gasteiger partial charge in [-0.1, -0.05) is 12.1 Å². The summed E-state index contributed by atoms with van der Waals surface area (Å²) < 4.78 is 5.71. The van der Waals surface area contributed by atoms with Crippen molar-refractivity contribution in [2.45, 2.75) is 38.0 Å². The van der Waals surface area contributed by atoms with Crippen LogP contribution in [0.15, 0.2) is 24.3 Å². The Bertz CT molecular complexity index is 456. The van der Waals surface area contributed by atoms with E-state index in [0.717, 1.165) is 35.3 Å². The molecule has 0 radical (unpaired) electrons. The molecule has 20 heavy (non-hydrogen) atoms. The Labute approximate surface area is 121 Å². The molecule has 0 heterocycles. The van der Waals surface area contributed by atoms with Crippen LogP contribution in [0.4, 0.5) is 0 Å². The zero-order valence-electron chi connectivity index (χ0n) is 12.1. The predicted octanol–water partition coefficient (Wildman–Crippen LogP) is 3.56. The molecule has 5 rings (SSSR count). The standard InChI is InChI=1S/C18H25NO/c19-4-5-20-17-3-1-2-14(11-17)18-15-7-12-6-13(9-15)10-16(18)8-12/h1-3,11-13,15-16,18H,4-10,19H2. The second-order valence-electron chi connectivity index (χ2n) is 7.17. The third-order valence-electron chi connectivity index (χ3n) is 5.86. The third-order valence-corrected chi connectivity index (χ3v) is 5.86. The van der Waals surface area contributed by atoms with Crippen LogP contribution in [0.2, 0.25) is 0 Å². The highest BCUT2D eigenvalue weighted by Gasteiger charge is 2.48. The molecular weight excluding hydrogens is 246 g/mol. The molecule has 0 amide bonds. The van der Waals surface area contributed by atoms with E-state index in [-0.39, 0.29) is 0 Å². The van der Waals surface area contributed by atoms with E-state index in [1.54, 1.807) is 0 Å². The Balaban J connectivity index is 1.58. The van der Waals surface area contributed by atoms with Crippen molar-refractivity contribution < 1.29 is 4.74 Å². The van der Waals surface area contributed by atoms with E-state index < -0.39 is 0 Å². The van der Waals surface area contributed by atoms with Crippen molar-refractivity contribution >= 4 is 0 Å². The Hall–Kier alpha value is -1.02. The second kappa shape index (κ2) is 5.07. The summed E-state index contributed by atoms with van der Waals surface area (Å²) in [6.07, 6.45) is 7.44. The second-order valence-corrected chi connectivity index (χ2v) is 7.17. The van der Waals surface area contributed by atoms with Gasteiger partial charge in [0.2, 0.25) is 0 Å². The number of benzene rings is 1. The highest BCUT2D eigenvalue weighted by atomic mass is 16.5. The summed E-state index contributed by atoms with van der Waals surface area (Å²) in [5.41, 5.74) is 7.05. The quantitative estimate of drug-likeness (QED) is 0.908. The van der Waals surface area contributed by atoms with Gasteiger partial charge in [0.25, 0.3) is 0 Å². The van der Waals surface area contributed by atoms with Gasteiger partial charge in [-0.15, -0.1) is 0 Å². The largest absolute Gasteiger partial charge is 0.492 e. The average molecular weight is 271 g/mol. The van der Waals surface area contributed by atoms with Crippen LogP contribution < -0.4 is 10.5 Å². The maximum absolute atomic E-state index is 5.71. The summed E-state index contributed by atoms with van der Waals surface area (Å²) >= 11 is 0. The molecule has 0 aromatic heterocycles. The first-order chi connectivity index (χ1) is 9.83. The third kappa shape index (κ3) is 2.14. The van der Waals surface area contributed by atoms with Gasteiger partial charge in [-0.05, 0) is 79.4 Å². The number of hydrogen-bond donors (Lipinski definition) is 1. The summed E-state index contributed by atoms with van der Waals surface area (Å²) in [5, 5.41) is 0. The van der Waals surface area contributed by atoms with Gasteiger partial charge < -0.3 is 10.5 Å². The minimum atomic E-state index is 0.586. The molecule has 0 spiro atoms. The van der Waals surface area contributed by atoms with Crippen LogP contribution in [0.3, 0.4) is 0 Å². The zero-order valence-corrected chi connectivity index (χ0v) is 12.1. The minimum absolute atomic E-state index is 0.586. The van der Waals surface area contributed by atoms with Gasteiger partial charge in [-0.3, -0.25) is 0 Å². The van der Waals surface area contributed by atoms with Crippen molar-refractivity contribution in [3.8, 4) is 5.75 Å². The van der Waals surface area contributed by atoms with Crippen LogP contribution in [-0.4, -0.2) is 13.2 Å². The Morgan fingerprint density at radius 1 is 1.00 bits per heavy atom. The molecule has 0 unspecified atom stereocenters. The molecule has 4 fully saturated rings. The summed E-state index contributed by atoms with van der Waals surface area (Å²) in [4.78, 5) is 0. The lowest BCUT2D eigenvalue weighted by molar-refractivity contribution is -0.00283. The van der Waals surface area contributed by atoms with Gasteiger partial charge in [-0.25, -0.2) is 0 Å². The molecule has 0 saturated heterocycles. The first kappa shape index (κ1) is 12.7. The first-order valence-corrected chi connectivity index (χ1v) is 8.26. The Morgan fingerprint density at radius 2 is 1.70 bits per heavy atom. The van der Waals surface area contributed by atoms with E-state index in [4.69, 9.17) is 10.5 Å². The predicted molar refractivity (Wildman–Crippen MR) is 80.8 cm³/mol.